The highest BCUT2D eigenvalue weighted by Crippen LogP contribution is 2.26. The summed E-state index contributed by atoms with van der Waals surface area (Å²) in [5, 5.41) is 16.4. The number of thiazole rings is 1. The maximum atomic E-state index is 12.1. The molecule has 132 valence electrons. The summed E-state index contributed by atoms with van der Waals surface area (Å²) in [4.78, 5) is 26.7. The zero-order valence-electron chi connectivity index (χ0n) is 13.5. The molecule has 0 aliphatic carbocycles. The molecule has 8 heteroatoms. The lowest BCUT2D eigenvalue weighted by Gasteiger charge is -2.03. The van der Waals surface area contributed by atoms with Crippen LogP contribution in [0, 0.1) is 10.1 Å². The summed E-state index contributed by atoms with van der Waals surface area (Å²) < 4.78 is 0. The molecule has 2 aromatic carbocycles. The lowest BCUT2D eigenvalue weighted by atomic mass is 10.1. The van der Waals surface area contributed by atoms with Gasteiger partial charge in [0.25, 0.3) is 5.69 Å². The number of nitro groups is 1. The molecule has 0 aliphatic rings. The van der Waals surface area contributed by atoms with Crippen molar-refractivity contribution in [2.24, 2.45) is 0 Å². The number of benzene rings is 2. The Balaban J connectivity index is 1.59. The van der Waals surface area contributed by atoms with Crippen LogP contribution in [0.1, 0.15) is 12.0 Å². The molecule has 6 nitrogen and oxygen atoms in total. The fraction of sp³-hybridized carbons (Fsp3) is 0.111. The van der Waals surface area contributed by atoms with Crippen LogP contribution < -0.4 is 5.32 Å². The van der Waals surface area contributed by atoms with Gasteiger partial charge in [0.15, 0.2) is 5.13 Å². The normalized spacial score (nSPS) is 10.5. The lowest BCUT2D eigenvalue weighted by Crippen LogP contribution is -2.12. The maximum Gasteiger partial charge on any atom is 0.269 e. The molecule has 0 aliphatic heterocycles. The van der Waals surface area contributed by atoms with Crippen molar-refractivity contribution < 1.29 is 9.72 Å². The van der Waals surface area contributed by atoms with Gasteiger partial charge in [0.05, 0.1) is 10.6 Å². The number of nitrogens with one attached hydrogen (secondary N) is 1. The Morgan fingerprint density at radius 1 is 1.23 bits per heavy atom. The first kappa shape index (κ1) is 18.0. The zero-order valence-corrected chi connectivity index (χ0v) is 15.1. The SMILES string of the molecule is O=C(CCc1cccc(Cl)c1)Nc1nc(-c2ccc([N+](=O)[O-])cc2)cs1. The first-order valence-electron chi connectivity index (χ1n) is 7.76. The van der Waals surface area contributed by atoms with Crippen molar-refractivity contribution in [2.75, 3.05) is 5.32 Å². The van der Waals surface area contributed by atoms with Crippen LogP contribution in [-0.4, -0.2) is 15.8 Å². The smallest absolute Gasteiger partial charge is 0.269 e. The van der Waals surface area contributed by atoms with Gasteiger partial charge in [-0.15, -0.1) is 11.3 Å². The van der Waals surface area contributed by atoms with E-state index in [1.807, 2.05) is 18.2 Å². The molecule has 0 atom stereocenters. The van der Waals surface area contributed by atoms with E-state index in [2.05, 4.69) is 10.3 Å². The molecule has 1 aromatic heterocycles. The Hall–Kier alpha value is -2.77. The molecular weight excluding hydrogens is 374 g/mol. The second-order valence-corrected chi connectivity index (χ2v) is 6.81. The van der Waals surface area contributed by atoms with Crippen molar-refractivity contribution in [3.8, 4) is 11.3 Å². The van der Waals surface area contributed by atoms with Gasteiger partial charge in [0.2, 0.25) is 5.91 Å². The summed E-state index contributed by atoms with van der Waals surface area (Å²) in [6, 6.07) is 13.5. The Bertz CT molecular complexity index is 941. The molecule has 0 saturated carbocycles. The molecule has 26 heavy (non-hydrogen) atoms. The molecule has 3 aromatic rings. The van der Waals surface area contributed by atoms with Crippen LogP contribution in [-0.2, 0) is 11.2 Å². The van der Waals surface area contributed by atoms with Gasteiger partial charge in [-0.25, -0.2) is 4.98 Å². The van der Waals surface area contributed by atoms with Gasteiger partial charge in [0.1, 0.15) is 0 Å². The second kappa shape index (κ2) is 8.07. The minimum atomic E-state index is -0.448. The fourth-order valence-electron chi connectivity index (χ4n) is 2.35. The molecule has 0 unspecified atom stereocenters. The Labute approximate surface area is 158 Å². The third-order valence-electron chi connectivity index (χ3n) is 3.65. The van der Waals surface area contributed by atoms with Gasteiger partial charge in [-0.3, -0.25) is 14.9 Å². The number of carbonyl (C=O) groups is 1. The van der Waals surface area contributed by atoms with Crippen LogP contribution in [0.15, 0.2) is 53.9 Å². The van der Waals surface area contributed by atoms with Crippen LogP contribution in [0.4, 0.5) is 10.8 Å². The van der Waals surface area contributed by atoms with Crippen molar-refractivity contribution in [3.63, 3.8) is 0 Å². The number of nitro benzene ring substituents is 1. The van der Waals surface area contributed by atoms with E-state index in [0.29, 0.717) is 28.7 Å². The summed E-state index contributed by atoms with van der Waals surface area (Å²) in [6.07, 6.45) is 0.916. The largest absolute Gasteiger partial charge is 0.302 e. The topological polar surface area (TPSA) is 85.1 Å². The minimum Gasteiger partial charge on any atom is -0.302 e. The number of carbonyl (C=O) groups excluding carboxylic acids is 1. The predicted octanol–water partition coefficient (Wildman–Crippen LogP) is 4.94. The molecule has 3 rings (SSSR count). The Morgan fingerprint density at radius 3 is 2.69 bits per heavy atom. The average Bonchev–Trinajstić information content (AvgIpc) is 3.08. The van der Waals surface area contributed by atoms with Crippen molar-refractivity contribution >= 4 is 39.7 Å². The Morgan fingerprint density at radius 2 is 2.00 bits per heavy atom. The monoisotopic (exact) mass is 387 g/mol. The highest BCUT2D eigenvalue weighted by Gasteiger charge is 2.10. The van der Waals surface area contributed by atoms with Crippen molar-refractivity contribution in [1.82, 2.24) is 4.98 Å². The molecule has 0 saturated heterocycles. The number of hydrogen-bond donors (Lipinski definition) is 1. The van der Waals surface area contributed by atoms with E-state index < -0.39 is 4.92 Å². The van der Waals surface area contributed by atoms with Crippen molar-refractivity contribution in [1.29, 1.82) is 0 Å². The van der Waals surface area contributed by atoms with Gasteiger partial charge < -0.3 is 5.32 Å². The van der Waals surface area contributed by atoms with E-state index in [4.69, 9.17) is 11.6 Å². The third-order valence-corrected chi connectivity index (χ3v) is 4.65. The quantitative estimate of drug-likeness (QED) is 0.479. The number of amides is 1. The van der Waals surface area contributed by atoms with Crippen LogP contribution >= 0.6 is 22.9 Å². The van der Waals surface area contributed by atoms with Gasteiger partial charge in [-0.1, -0.05) is 23.7 Å². The first-order valence-corrected chi connectivity index (χ1v) is 9.02. The van der Waals surface area contributed by atoms with E-state index in [1.165, 1.54) is 23.5 Å². The number of anilines is 1. The van der Waals surface area contributed by atoms with E-state index in [0.717, 1.165) is 11.1 Å². The molecule has 0 spiro atoms. The number of aryl methyl sites for hydroxylation is 1. The summed E-state index contributed by atoms with van der Waals surface area (Å²) in [7, 11) is 0. The molecular formula is C18H14ClN3O3S. The van der Waals surface area contributed by atoms with Gasteiger partial charge in [0, 0.05) is 34.5 Å². The first-order chi connectivity index (χ1) is 12.5. The zero-order chi connectivity index (χ0) is 18.5. The maximum absolute atomic E-state index is 12.1. The standard InChI is InChI=1S/C18H14ClN3O3S/c19-14-3-1-2-12(10-14)4-9-17(23)21-18-20-16(11-26-18)13-5-7-15(8-6-13)22(24)25/h1-3,5-8,10-11H,4,9H2,(H,20,21,23). The molecule has 0 radical (unpaired) electrons. The fourth-order valence-corrected chi connectivity index (χ4v) is 3.30. The summed E-state index contributed by atoms with van der Waals surface area (Å²) in [6.45, 7) is 0. The van der Waals surface area contributed by atoms with E-state index in [1.54, 1.807) is 23.6 Å². The lowest BCUT2D eigenvalue weighted by molar-refractivity contribution is -0.384. The van der Waals surface area contributed by atoms with Crippen LogP contribution in [0.2, 0.25) is 5.02 Å². The summed E-state index contributed by atoms with van der Waals surface area (Å²) in [5.74, 6) is -0.130. The Kier molecular flexibility index (Phi) is 5.60. The van der Waals surface area contributed by atoms with Crippen molar-refractivity contribution in [3.05, 3.63) is 74.6 Å². The van der Waals surface area contributed by atoms with Gasteiger partial charge in [-0.2, -0.15) is 0 Å². The predicted molar refractivity (Wildman–Crippen MR) is 103 cm³/mol. The molecule has 0 fully saturated rings. The van der Waals surface area contributed by atoms with Crippen molar-refractivity contribution in [2.45, 2.75) is 12.8 Å². The molecule has 1 amide bonds. The summed E-state index contributed by atoms with van der Waals surface area (Å²) >= 11 is 7.24. The number of non-ortho nitro benzene ring substituents is 1. The number of rotatable bonds is 6. The number of nitrogens with zero attached hydrogens (tertiary/aromatic N) is 2. The van der Waals surface area contributed by atoms with Crippen LogP contribution in [0.25, 0.3) is 11.3 Å². The van der Waals surface area contributed by atoms with Gasteiger partial charge >= 0.3 is 0 Å². The number of hydrogen-bond acceptors (Lipinski definition) is 5. The van der Waals surface area contributed by atoms with E-state index in [-0.39, 0.29) is 11.6 Å². The molecule has 1 heterocycles. The molecule has 0 bridgehead atoms. The summed E-state index contributed by atoms with van der Waals surface area (Å²) in [5.41, 5.74) is 2.44. The average molecular weight is 388 g/mol. The number of halogens is 1. The molecule has 1 N–H and O–H groups in total. The van der Waals surface area contributed by atoms with E-state index in [9.17, 15) is 14.9 Å². The van der Waals surface area contributed by atoms with Crippen LogP contribution in [0.5, 0.6) is 0 Å². The highest BCUT2D eigenvalue weighted by molar-refractivity contribution is 7.14. The second-order valence-electron chi connectivity index (χ2n) is 5.52. The van der Waals surface area contributed by atoms with E-state index >= 15 is 0 Å². The van der Waals surface area contributed by atoms with Gasteiger partial charge in [-0.05, 0) is 36.2 Å². The number of aromatic nitrogens is 1. The van der Waals surface area contributed by atoms with Crippen LogP contribution in [0.3, 0.4) is 0 Å². The third kappa shape index (κ3) is 4.65. The highest BCUT2D eigenvalue weighted by atomic mass is 35.5. The minimum absolute atomic E-state index is 0.0264.